The van der Waals surface area contributed by atoms with Crippen molar-refractivity contribution >= 4 is 21.6 Å². The third kappa shape index (κ3) is 2.97. The first-order valence-electron chi connectivity index (χ1n) is 5.87. The summed E-state index contributed by atoms with van der Waals surface area (Å²) in [6.07, 6.45) is 5.02. The fourth-order valence-corrected chi connectivity index (χ4v) is 2.60. The van der Waals surface area contributed by atoms with Crippen molar-refractivity contribution in [1.82, 2.24) is 0 Å². The summed E-state index contributed by atoms with van der Waals surface area (Å²) in [7, 11) is 0. The molecule has 1 aromatic rings. The van der Waals surface area contributed by atoms with Gasteiger partial charge in [0, 0.05) is 11.7 Å². The predicted octanol–water partition coefficient (Wildman–Crippen LogP) is 4.58. The van der Waals surface area contributed by atoms with Gasteiger partial charge in [-0.15, -0.1) is 0 Å². The lowest BCUT2D eigenvalue weighted by atomic mass is 9.87. The molecule has 1 fully saturated rings. The molecule has 1 saturated carbocycles. The molecule has 0 radical (unpaired) electrons. The van der Waals surface area contributed by atoms with Gasteiger partial charge in [-0.05, 0) is 65.7 Å². The second-order valence-electron chi connectivity index (χ2n) is 4.73. The van der Waals surface area contributed by atoms with Gasteiger partial charge in [-0.25, -0.2) is 4.39 Å². The number of hydrogen-bond acceptors (Lipinski definition) is 1. The average Bonchev–Trinajstić information content (AvgIpc) is 2.27. The Morgan fingerprint density at radius 1 is 1.25 bits per heavy atom. The van der Waals surface area contributed by atoms with Crippen LogP contribution in [0.4, 0.5) is 10.1 Å². The molecule has 88 valence electrons. The summed E-state index contributed by atoms with van der Waals surface area (Å²) >= 11 is 3.21. The lowest BCUT2D eigenvalue weighted by Gasteiger charge is -2.27. The van der Waals surface area contributed by atoms with Crippen LogP contribution in [0.25, 0.3) is 0 Å². The van der Waals surface area contributed by atoms with Crippen molar-refractivity contribution in [1.29, 1.82) is 0 Å². The van der Waals surface area contributed by atoms with E-state index >= 15 is 0 Å². The van der Waals surface area contributed by atoms with Crippen molar-refractivity contribution in [2.24, 2.45) is 5.92 Å². The van der Waals surface area contributed by atoms with E-state index in [-0.39, 0.29) is 5.82 Å². The lowest BCUT2D eigenvalue weighted by Crippen LogP contribution is -2.25. The lowest BCUT2D eigenvalue weighted by molar-refractivity contribution is 0.361. The largest absolute Gasteiger partial charge is 0.382 e. The maximum absolute atomic E-state index is 13.1. The topological polar surface area (TPSA) is 12.0 Å². The second kappa shape index (κ2) is 5.17. The molecular weight excluding hydrogens is 269 g/mol. The Bertz CT molecular complexity index is 359. The van der Waals surface area contributed by atoms with Crippen molar-refractivity contribution in [3.8, 4) is 0 Å². The third-order valence-corrected chi connectivity index (χ3v) is 3.91. The molecule has 1 N–H and O–H groups in total. The Labute approximate surface area is 105 Å². The van der Waals surface area contributed by atoms with Crippen LogP contribution in [0.1, 0.15) is 32.6 Å². The van der Waals surface area contributed by atoms with Crippen LogP contribution in [-0.2, 0) is 0 Å². The zero-order chi connectivity index (χ0) is 11.5. The fourth-order valence-electron chi connectivity index (χ4n) is 2.23. The Kier molecular flexibility index (Phi) is 3.85. The SMILES string of the molecule is CC1CCC(Nc2ccc(F)c(Br)c2)CC1. The molecule has 0 unspecified atom stereocenters. The fraction of sp³-hybridized carbons (Fsp3) is 0.538. The number of rotatable bonds is 2. The van der Waals surface area contributed by atoms with Crippen LogP contribution < -0.4 is 5.32 Å². The minimum atomic E-state index is -0.206. The number of anilines is 1. The van der Waals surface area contributed by atoms with E-state index in [1.807, 2.05) is 6.07 Å². The van der Waals surface area contributed by atoms with Crippen LogP contribution in [0.2, 0.25) is 0 Å². The van der Waals surface area contributed by atoms with E-state index in [0.29, 0.717) is 10.5 Å². The highest BCUT2D eigenvalue weighted by Gasteiger charge is 2.17. The first-order valence-corrected chi connectivity index (χ1v) is 6.66. The van der Waals surface area contributed by atoms with E-state index < -0.39 is 0 Å². The zero-order valence-corrected chi connectivity index (χ0v) is 11.1. The summed E-state index contributed by atoms with van der Waals surface area (Å²) in [4.78, 5) is 0. The average molecular weight is 286 g/mol. The molecule has 0 aromatic heterocycles. The Morgan fingerprint density at radius 3 is 2.56 bits per heavy atom. The van der Waals surface area contributed by atoms with Crippen LogP contribution >= 0.6 is 15.9 Å². The first-order chi connectivity index (χ1) is 7.65. The molecule has 1 aliphatic carbocycles. The molecule has 3 heteroatoms. The predicted molar refractivity (Wildman–Crippen MR) is 69.1 cm³/mol. The smallest absolute Gasteiger partial charge is 0.137 e. The highest BCUT2D eigenvalue weighted by atomic mass is 79.9. The van der Waals surface area contributed by atoms with Crippen molar-refractivity contribution in [2.45, 2.75) is 38.6 Å². The molecular formula is C13H17BrFN. The van der Waals surface area contributed by atoms with Gasteiger partial charge in [0.15, 0.2) is 0 Å². The molecule has 0 heterocycles. The summed E-state index contributed by atoms with van der Waals surface area (Å²) in [5.74, 6) is 0.654. The molecule has 0 bridgehead atoms. The highest BCUT2D eigenvalue weighted by Crippen LogP contribution is 2.27. The number of benzene rings is 1. The van der Waals surface area contributed by atoms with Crippen LogP contribution in [-0.4, -0.2) is 6.04 Å². The summed E-state index contributed by atoms with van der Waals surface area (Å²) in [6.45, 7) is 2.31. The normalized spacial score (nSPS) is 25.4. The minimum absolute atomic E-state index is 0.206. The Balaban J connectivity index is 1.96. The van der Waals surface area contributed by atoms with Crippen LogP contribution in [0, 0.1) is 11.7 Å². The van der Waals surface area contributed by atoms with Crippen molar-refractivity contribution in [3.05, 3.63) is 28.5 Å². The van der Waals surface area contributed by atoms with Gasteiger partial charge >= 0.3 is 0 Å². The van der Waals surface area contributed by atoms with Crippen molar-refractivity contribution in [3.63, 3.8) is 0 Å². The first kappa shape index (κ1) is 11.9. The van der Waals surface area contributed by atoms with Gasteiger partial charge < -0.3 is 5.32 Å². The van der Waals surface area contributed by atoms with Crippen LogP contribution in [0.3, 0.4) is 0 Å². The maximum Gasteiger partial charge on any atom is 0.137 e. The van der Waals surface area contributed by atoms with E-state index in [1.54, 1.807) is 6.07 Å². The molecule has 0 aliphatic heterocycles. The summed E-state index contributed by atoms with van der Waals surface area (Å²) < 4.78 is 13.6. The zero-order valence-electron chi connectivity index (χ0n) is 9.47. The van der Waals surface area contributed by atoms with E-state index in [2.05, 4.69) is 28.2 Å². The standard InChI is InChI=1S/C13H17BrFN/c1-9-2-4-10(5-3-9)16-11-6-7-13(15)12(14)8-11/h6-10,16H,2-5H2,1H3. The van der Waals surface area contributed by atoms with Gasteiger partial charge in [-0.2, -0.15) is 0 Å². The van der Waals surface area contributed by atoms with Crippen molar-refractivity contribution in [2.75, 3.05) is 5.32 Å². The molecule has 1 aliphatic rings. The van der Waals surface area contributed by atoms with Crippen LogP contribution in [0.15, 0.2) is 22.7 Å². The number of halogens is 2. The Hall–Kier alpha value is -0.570. The quantitative estimate of drug-likeness (QED) is 0.839. The van der Waals surface area contributed by atoms with Gasteiger partial charge in [0.2, 0.25) is 0 Å². The van der Waals surface area contributed by atoms with Gasteiger partial charge in [0.05, 0.1) is 4.47 Å². The minimum Gasteiger partial charge on any atom is -0.382 e. The maximum atomic E-state index is 13.1. The van der Waals surface area contributed by atoms with E-state index in [9.17, 15) is 4.39 Å². The van der Waals surface area contributed by atoms with Gasteiger partial charge in [-0.3, -0.25) is 0 Å². The van der Waals surface area contributed by atoms with E-state index in [0.717, 1.165) is 11.6 Å². The third-order valence-electron chi connectivity index (χ3n) is 3.31. The molecule has 0 saturated heterocycles. The molecule has 2 rings (SSSR count). The summed E-state index contributed by atoms with van der Waals surface area (Å²) in [5.41, 5.74) is 1.01. The monoisotopic (exact) mass is 285 g/mol. The molecule has 0 spiro atoms. The number of hydrogen-bond donors (Lipinski definition) is 1. The van der Waals surface area contributed by atoms with E-state index in [1.165, 1.54) is 31.7 Å². The summed E-state index contributed by atoms with van der Waals surface area (Å²) in [5, 5.41) is 3.47. The second-order valence-corrected chi connectivity index (χ2v) is 5.58. The van der Waals surface area contributed by atoms with Crippen LogP contribution in [0.5, 0.6) is 0 Å². The molecule has 1 nitrogen and oxygen atoms in total. The molecule has 0 amide bonds. The molecule has 1 aromatic carbocycles. The molecule has 16 heavy (non-hydrogen) atoms. The summed E-state index contributed by atoms with van der Waals surface area (Å²) in [6, 6.07) is 5.66. The Morgan fingerprint density at radius 2 is 1.94 bits per heavy atom. The number of nitrogens with one attached hydrogen (secondary N) is 1. The van der Waals surface area contributed by atoms with E-state index in [4.69, 9.17) is 0 Å². The van der Waals surface area contributed by atoms with Gasteiger partial charge in [0.25, 0.3) is 0 Å². The highest BCUT2D eigenvalue weighted by molar-refractivity contribution is 9.10. The van der Waals surface area contributed by atoms with Gasteiger partial charge in [-0.1, -0.05) is 6.92 Å². The molecule has 0 atom stereocenters. The van der Waals surface area contributed by atoms with Gasteiger partial charge in [0.1, 0.15) is 5.82 Å². The van der Waals surface area contributed by atoms with Crippen molar-refractivity contribution < 1.29 is 4.39 Å².